The van der Waals surface area contributed by atoms with E-state index in [1.807, 2.05) is 25.1 Å². The van der Waals surface area contributed by atoms with E-state index in [1.165, 1.54) is 5.56 Å². The van der Waals surface area contributed by atoms with Crippen LogP contribution in [0.4, 0.5) is 5.82 Å². The van der Waals surface area contributed by atoms with Gasteiger partial charge in [-0.3, -0.25) is 11.3 Å². The van der Waals surface area contributed by atoms with Crippen molar-refractivity contribution in [2.45, 2.75) is 19.4 Å². The van der Waals surface area contributed by atoms with E-state index >= 15 is 0 Å². The molecule has 0 amide bonds. The Morgan fingerprint density at radius 3 is 2.84 bits per heavy atom. The number of benzene rings is 1. The number of nitrogen functional groups attached to an aromatic ring is 1. The first kappa shape index (κ1) is 14.0. The molecule has 1 aromatic heterocycles. The minimum absolute atomic E-state index is 0.0540. The number of rotatable bonds is 4. The zero-order chi connectivity index (χ0) is 13.8. The van der Waals surface area contributed by atoms with Crippen molar-refractivity contribution in [3.05, 3.63) is 57.7 Å². The number of hydrogen-bond donors (Lipinski definition) is 3. The molecule has 0 spiro atoms. The van der Waals surface area contributed by atoms with Gasteiger partial charge in [-0.2, -0.15) is 0 Å². The molecular formula is C14H17BrN4. The maximum atomic E-state index is 5.93. The van der Waals surface area contributed by atoms with Crippen molar-refractivity contribution in [2.75, 3.05) is 5.73 Å². The van der Waals surface area contributed by atoms with Gasteiger partial charge in [0, 0.05) is 16.2 Å². The van der Waals surface area contributed by atoms with E-state index in [4.69, 9.17) is 11.6 Å². The number of pyridine rings is 1. The topological polar surface area (TPSA) is 77.0 Å². The van der Waals surface area contributed by atoms with Crippen LogP contribution in [0, 0.1) is 6.92 Å². The highest BCUT2D eigenvalue weighted by Crippen LogP contribution is 2.24. The molecular weight excluding hydrogens is 304 g/mol. The number of nitrogens with two attached hydrogens (primary N) is 2. The van der Waals surface area contributed by atoms with E-state index in [-0.39, 0.29) is 6.04 Å². The van der Waals surface area contributed by atoms with Crippen molar-refractivity contribution in [2.24, 2.45) is 5.84 Å². The van der Waals surface area contributed by atoms with Gasteiger partial charge < -0.3 is 5.73 Å². The predicted octanol–water partition coefficient (Wildman–Crippen LogP) is 2.48. The van der Waals surface area contributed by atoms with Crippen molar-refractivity contribution >= 4 is 21.7 Å². The van der Waals surface area contributed by atoms with Crippen LogP contribution in [-0.4, -0.2) is 4.98 Å². The van der Waals surface area contributed by atoms with Gasteiger partial charge in [0.05, 0.1) is 6.04 Å². The van der Waals surface area contributed by atoms with Gasteiger partial charge in [-0.25, -0.2) is 4.98 Å². The normalized spacial score (nSPS) is 12.4. The van der Waals surface area contributed by atoms with Crippen molar-refractivity contribution in [1.29, 1.82) is 0 Å². The summed E-state index contributed by atoms with van der Waals surface area (Å²) in [6, 6.07) is 10.1. The number of halogens is 1. The van der Waals surface area contributed by atoms with Gasteiger partial charge in [0.2, 0.25) is 0 Å². The third-order valence-electron chi connectivity index (χ3n) is 2.99. The Hall–Kier alpha value is -1.43. The lowest BCUT2D eigenvalue weighted by Gasteiger charge is -2.18. The van der Waals surface area contributed by atoms with Crippen molar-refractivity contribution < 1.29 is 0 Å². The Kier molecular flexibility index (Phi) is 4.52. The Bertz CT molecular complexity index is 571. The zero-order valence-electron chi connectivity index (χ0n) is 10.7. The van der Waals surface area contributed by atoms with Crippen LogP contribution >= 0.6 is 15.9 Å². The molecule has 1 heterocycles. The average Bonchev–Trinajstić information content (AvgIpc) is 2.39. The van der Waals surface area contributed by atoms with Gasteiger partial charge in [0.15, 0.2) is 0 Å². The van der Waals surface area contributed by atoms with Crippen LogP contribution in [0.15, 0.2) is 41.0 Å². The smallest absolute Gasteiger partial charge is 0.128 e. The van der Waals surface area contributed by atoms with E-state index in [0.29, 0.717) is 5.82 Å². The van der Waals surface area contributed by atoms with Crippen LogP contribution in [0.25, 0.3) is 0 Å². The molecule has 1 unspecified atom stereocenters. The third kappa shape index (κ3) is 3.53. The van der Waals surface area contributed by atoms with Crippen LogP contribution in [0.2, 0.25) is 0 Å². The molecule has 0 radical (unpaired) electrons. The quantitative estimate of drug-likeness (QED) is 0.597. The molecule has 0 aliphatic heterocycles. The number of aryl methyl sites for hydroxylation is 1. The average molecular weight is 321 g/mol. The van der Waals surface area contributed by atoms with E-state index in [9.17, 15) is 0 Å². The van der Waals surface area contributed by atoms with Gasteiger partial charge in [0.25, 0.3) is 0 Å². The monoisotopic (exact) mass is 320 g/mol. The van der Waals surface area contributed by atoms with Crippen molar-refractivity contribution in [1.82, 2.24) is 10.4 Å². The summed E-state index contributed by atoms with van der Waals surface area (Å²) in [7, 11) is 0. The molecule has 1 aromatic carbocycles. The summed E-state index contributed by atoms with van der Waals surface area (Å²) in [5.74, 6) is 6.18. The highest BCUT2D eigenvalue weighted by Gasteiger charge is 2.14. The molecule has 0 aliphatic carbocycles. The first-order chi connectivity index (χ1) is 9.10. The summed E-state index contributed by atoms with van der Waals surface area (Å²) >= 11 is 3.47. The summed E-state index contributed by atoms with van der Waals surface area (Å²) in [6.07, 6.45) is 2.51. The van der Waals surface area contributed by atoms with E-state index in [0.717, 1.165) is 22.0 Å². The third-order valence-corrected chi connectivity index (χ3v) is 3.48. The molecule has 0 bridgehead atoms. The maximum Gasteiger partial charge on any atom is 0.128 e. The minimum atomic E-state index is -0.0540. The number of nitrogens with one attached hydrogen (secondary N) is 1. The molecule has 0 saturated carbocycles. The van der Waals surface area contributed by atoms with Crippen LogP contribution in [0.3, 0.4) is 0 Å². The summed E-state index contributed by atoms with van der Waals surface area (Å²) in [5.41, 5.74) is 11.9. The standard InChI is InChI=1S/C14H17BrN4/c1-9-5-12(14(16)18-8-9)13(19-17)7-10-3-2-4-11(15)6-10/h2-6,8,13,19H,7,17H2,1H3,(H2,16,18). The number of aromatic nitrogens is 1. The highest BCUT2D eigenvalue weighted by atomic mass is 79.9. The fourth-order valence-electron chi connectivity index (χ4n) is 2.04. The number of hydrogen-bond acceptors (Lipinski definition) is 4. The molecule has 1 atom stereocenters. The van der Waals surface area contributed by atoms with Gasteiger partial charge in [-0.15, -0.1) is 0 Å². The van der Waals surface area contributed by atoms with Gasteiger partial charge >= 0.3 is 0 Å². The molecule has 2 aromatic rings. The SMILES string of the molecule is Cc1cnc(N)c(C(Cc2cccc(Br)c2)NN)c1. The Morgan fingerprint density at radius 2 is 2.16 bits per heavy atom. The van der Waals surface area contributed by atoms with Crippen LogP contribution in [0.1, 0.15) is 22.7 Å². The Labute approximate surface area is 121 Å². The molecule has 0 aliphatic rings. The number of hydrazine groups is 1. The van der Waals surface area contributed by atoms with Crippen LogP contribution in [-0.2, 0) is 6.42 Å². The number of anilines is 1. The molecule has 19 heavy (non-hydrogen) atoms. The Morgan fingerprint density at radius 1 is 1.37 bits per heavy atom. The lowest BCUT2D eigenvalue weighted by molar-refractivity contribution is 0.551. The van der Waals surface area contributed by atoms with E-state index < -0.39 is 0 Å². The summed E-state index contributed by atoms with van der Waals surface area (Å²) in [6.45, 7) is 1.99. The van der Waals surface area contributed by atoms with Gasteiger partial charge in [-0.1, -0.05) is 28.1 Å². The largest absolute Gasteiger partial charge is 0.383 e. The maximum absolute atomic E-state index is 5.93. The molecule has 5 heteroatoms. The lowest BCUT2D eigenvalue weighted by atomic mass is 9.99. The van der Waals surface area contributed by atoms with Crippen LogP contribution in [0.5, 0.6) is 0 Å². The molecule has 5 N–H and O–H groups in total. The summed E-state index contributed by atoms with van der Waals surface area (Å²) < 4.78 is 1.05. The zero-order valence-corrected chi connectivity index (χ0v) is 12.3. The second-order valence-electron chi connectivity index (χ2n) is 4.54. The summed E-state index contributed by atoms with van der Waals surface area (Å²) in [5, 5.41) is 0. The molecule has 2 rings (SSSR count). The predicted molar refractivity (Wildman–Crippen MR) is 81.3 cm³/mol. The first-order valence-corrected chi connectivity index (χ1v) is 6.82. The van der Waals surface area contributed by atoms with Gasteiger partial charge in [0.1, 0.15) is 5.82 Å². The van der Waals surface area contributed by atoms with Crippen molar-refractivity contribution in [3.8, 4) is 0 Å². The molecule has 0 saturated heterocycles. The van der Waals surface area contributed by atoms with Crippen LogP contribution < -0.4 is 17.0 Å². The first-order valence-electron chi connectivity index (χ1n) is 6.02. The fraction of sp³-hybridized carbons (Fsp3) is 0.214. The lowest BCUT2D eigenvalue weighted by Crippen LogP contribution is -2.30. The minimum Gasteiger partial charge on any atom is -0.383 e. The Balaban J connectivity index is 2.27. The van der Waals surface area contributed by atoms with E-state index in [2.05, 4.69) is 38.5 Å². The van der Waals surface area contributed by atoms with E-state index in [1.54, 1.807) is 6.20 Å². The molecule has 4 nitrogen and oxygen atoms in total. The second kappa shape index (κ2) is 6.14. The highest BCUT2D eigenvalue weighted by molar-refractivity contribution is 9.10. The number of nitrogens with zero attached hydrogens (tertiary/aromatic N) is 1. The van der Waals surface area contributed by atoms with Gasteiger partial charge in [-0.05, 0) is 42.7 Å². The second-order valence-corrected chi connectivity index (χ2v) is 5.46. The fourth-order valence-corrected chi connectivity index (χ4v) is 2.49. The molecule has 0 fully saturated rings. The van der Waals surface area contributed by atoms with Crippen molar-refractivity contribution in [3.63, 3.8) is 0 Å². The summed E-state index contributed by atoms with van der Waals surface area (Å²) in [4.78, 5) is 4.18. The molecule has 100 valence electrons.